The van der Waals surface area contributed by atoms with Crippen LogP contribution in [0.5, 0.6) is 0 Å². The zero-order valence-corrected chi connectivity index (χ0v) is 17.2. The summed E-state index contributed by atoms with van der Waals surface area (Å²) >= 11 is 0. The van der Waals surface area contributed by atoms with Gasteiger partial charge in [0, 0.05) is 7.11 Å². The van der Waals surface area contributed by atoms with Gasteiger partial charge in [-0.05, 0) is 71.1 Å². The summed E-state index contributed by atoms with van der Waals surface area (Å²) in [5.74, 6) is 0. The first-order chi connectivity index (χ1) is 9.60. The standard InChI is InChI=1S/C20H42O2/c1-16(2)22-19(8,9)15-18(6,7)12-13-20(10,21-11)14-17(3,4)5/h16H,12-15H2,1-11H3. The molecule has 0 aliphatic heterocycles. The summed E-state index contributed by atoms with van der Waals surface area (Å²) in [5.41, 5.74) is 0.411. The molecule has 0 bridgehead atoms. The molecule has 0 saturated heterocycles. The maximum absolute atomic E-state index is 6.08. The van der Waals surface area contributed by atoms with E-state index in [0.29, 0.717) is 0 Å². The van der Waals surface area contributed by atoms with Gasteiger partial charge in [0.15, 0.2) is 0 Å². The summed E-state index contributed by atoms with van der Waals surface area (Å²) in [6, 6.07) is 0. The lowest BCUT2D eigenvalue weighted by atomic mass is 9.73. The molecule has 0 spiro atoms. The van der Waals surface area contributed by atoms with Gasteiger partial charge in [0.05, 0.1) is 17.3 Å². The fourth-order valence-electron chi connectivity index (χ4n) is 3.91. The molecule has 2 nitrogen and oxygen atoms in total. The molecule has 0 aromatic rings. The number of ether oxygens (including phenoxy) is 2. The third-order valence-electron chi connectivity index (χ3n) is 4.19. The van der Waals surface area contributed by atoms with E-state index in [9.17, 15) is 0 Å². The monoisotopic (exact) mass is 314 g/mol. The van der Waals surface area contributed by atoms with Gasteiger partial charge in [0.25, 0.3) is 0 Å². The zero-order chi connectivity index (χ0) is 17.8. The van der Waals surface area contributed by atoms with E-state index >= 15 is 0 Å². The molecular formula is C20H42O2. The minimum Gasteiger partial charge on any atom is -0.379 e. The van der Waals surface area contributed by atoms with Crippen LogP contribution >= 0.6 is 0 Å². The van der Waals surface area contributed by atoms with Crippen LogP contribution in [0.1, 0.15) is 94.9 Å². The zero-order valence-electron chi connectivity index (χ0n) is 17.2. The van der Waals surface area contributed by atoms with E-state index in [2.05, 4.69) is 69.2 Å². The van der Waals surface area contributed by atoms with Crippen LogP contribution in [0.15, 0.2) is 0 Å². The van der Waals surface area contributed by atoms with E-state index in [0.717, 1.165) is 25.7 Å². The summed E-state index contributed by atoms with van der Waals surface area (Å²) in [7, 11) is 1.85. The molecule has 0 saturated carbocycles. The summed E-state index contributed by atoms with van der Waals surface area (Å²) in [6.07, 6.45) is 4.66. The number of hydrogen-bond donors (Lipinski definition) is 0. The molecule has 1 atom stereocenters. The minimum atomic E-state index is -0.0782. The Bertz CT molecular complexity index is 323. The Labute approximate surface area is 140 Å². The van der Waals surface area contributed by atoms with Gasteiger partial charge in [-0.15, -0.1) is 0 Å². The Hall–Kier alpha value is -0.0800. The Morgan fingerprint density at radius 1 is 0.773 bits per heavy atom. The molecular weight excluding hydrogens is 272 g/mol. The van der Waals surface area contributed by atoms with Crippen LogP contribution in [0.3, 0.4) is 0 Å². The third-order valence-corrected chi connectivity index (χ3v) is 4.19. The van der Waals surface area contributed by atoms with Crippen LogP contribution < -0.4 is 0 Å². The molecule has 0 aromatic heterocycles. The van der Waals surface area contributed by atoms with E-state index in [1.807, 2.05) is 7.11 Å². The van der Waals surface area contributed by atoms with Crippen LogP contribution in [-0.4, -0.2) is 24.4 Å². The normalized spacial score (nSPS) is 16.9. The fraction of sp³-hybridized carbons (Fsp3) is 1.00. The Kier molecular flexibility index (Phi) is 7.63. The number of rotatable bonds is 9. The second-order valence-corrected chi connectivity index (χ2v) is 10.2. The van der Waals surface area contributed by atoms with Crippen molar-refractivity contribution in [3.05, 3.63) is 0 Å². The predicted octanol–water partition coefficient (Wildman–Crippen LogP) is 6.23. The van der Waals surface area contributed by atoms with Crippen molar-refractivity contribution in [3.8, 4) is 0 Å². The molecule has 0 radical (unpaired) electrons. The SMILES string of the molecule is COC(C)(CCC(C)(C)CC(C)(C)OC(C)C)CC(C)(C)C. The second kappa shape index (κ2) is 7.66. The molecule has 1 unspecified atom stereocenters. The maximum atomic E-state index is 6.08. The van der Waals surface area contributed by atoms with Crippen LogP contribution in [0.2, 0.25) is 0 Å². The first-order valence-corrected chi connectivity index (χ1v) is 8.83. The lowest BCUT2D eigenvalue weighted by Gasteiger charge is -2.40. The van der Waals surface area contributed by atoms with Crippen molar-refractivity contribution in [2.75, 3.05) is 7.11 Å². The molecule has 0 aliphatic rings. The highest BCUT2D eigenvalue weighted by molar-refractivity contribution is 4.86. The molecule has 0 fully saturated rings. The van der Waals surface area contributed by atoms with E-state index in [1.165, 1.54) is 0 Å². The fourth-order valence-corrected chi connectivity index (χ4v) is 3.91. The second-order valence-electron chi connectivity index (χ2n) is 10.2. The van der Waals surface area contributed by atoms with E-state index < -0.39 is 0 Å². The average molecular weight is 315 g/mol. The molecule has 0 amide bonds. The van der Waals surface area contributed by atoms with Gasteiger partial charge in [-0.3, -0.25) is 0 Å². The molecule has 0 N–H and O–H groups in total. The number of methoxy groups -OCH3 is 1. The first-order valence-electron chi connectivity index (χ1n) is 8.83. The molecule has 0 aliphatic carbocycles. The Balaban J connectivity index is 4.70. The minimum absolute atomic E-state index is 0.0431. The van der Waals surface area contributed by atoms with Crippen LogP contribution in [0, 0.1) is 10.8 Å². The smallest absolute Gasteiger partial charge is 0.0656 e. The molecule has 0 aromatic carbocycles. The largest absolute Gasteiger partial charge is 0.379 e. The third kappa shape index (κ3) is 9.84. The van der Waals surface area contributed by atoms with Crippen molar-refractivity contribution in [1.29, 1.82) is 0 Å². The summed E-state index contributed by atoms with van der Waals surface area (Å²) < 4.78 is 12.0. The Morgan fingerprint density at radius 3 is 1.64 bits per heavy atom. The topological polar surface area (TPSA) is 18.5 Å². The highest BCUT2D eigenvalue weighted by Gasteiger charge is 2.35. The molecule has 2 heteroatoms. The maximum Gasteiger partial charge on any atom is 0.0656 e. The quantitative estimate of drug-likeness (QED) is 0.502. The van der Waals surface area contributed by atoms with Gasteiger partial charge < -0.3 is 9.47 Å². The number of hydrogen-bond acceptors (Lipinski definition) is 2. The van der Waals surface area contributed by atoms with Crippen molar-refractivity contribution in [1.82, 2.24) is 0 Å². The van der Waals surface area contributed by atoms with Crippen LogP contribution in [-0.2, 0) is 9.47 Å². The van der Waals surface area contributed by atoms with Gasteiger partial charge in [-0.2, -0.15) is 0 Å². The average Bonchev–Trinajstić information content (AvgIpc) is 2.21. The van der Waals surface area contributed by atoms with Crippen molar-refractivity contribution >= 4 is 0 Å². The first kappa shape index (κ1) is 21.9. The van der Waals surface area contributed by atoms with Gasteiger partial charge in [0.2, 0.25) is 0 Å². The van der Waals surface area contributed by atoms with Crippen LogP contribution in [0.25, 0.3) is 0 Å². The Morgan fingerprint density at radius 2 is 1.27 bits per heavy atom. The van der Waals surface area contributed by atoms with Crippen molar-refractivity contribution in [2.45, 2.75) is 112 Å². The highest BCUT2D eigenvalue weighted by atomic mass is 16.5. The van der Waals surface area contributed by atoms with Crippen LogP contribution in [0.4, 0.5) is 0 Å². The van der Waals surface area contributed by atoms with E-state index in [-0.39, 0.29) is 28.1 Å². The summed E-state index contributed by atoms with van der Waals surface area (Å²) in [6.45, 7) is 22.5. The summed E-state index contributed by atoms with van der Waals surface area (Å²) in [4.78, 5) is 0. The van der Waals surface area contributed by atoms with Gasteiger partial charge in [-0.1, -0.05) is 34.6 Å². The van der Waals surface area contributed by atoms with E-state index in [4.69, 9.17) is 9.47 Å². The molecule has 134 valence electrons. The lowest BCUT2D eigenvalue weighted by Crippen LogP contribution is -2.37. The summed E-state index contributed by atoms with van der Waals surface area (Å²) in [5, 5.41) is 0. The van der Waals surface area contributed by atoms with Crippen molar-refractivity contribution in [2.24, 2.45) is 10.8 Å². The highest BCUT2D eigenvalue weighted by Crippen LogP contribution is 2.39. The molecule has 0 rings (SSSR count). The van der Waals surface area contributed by atoms with Gasteiger partial charge >= 0.3 is 0 Å². The molecule has 0 heterocycles. The van der Waals surface area contributed by atoms with Crippen molar-refractivity contribution < 1.29 is 9.47 Å². The molecule has 22 heavy (non-hydrogen) atoms. The van der Waals surface area contributed by atoms with E-state index in [1.54, 1.807) is 0 Å². The predicted molar refractivity (Wildman–Crippen MR) is 97.4 cm³/mol. The van der Waals surface area contributed by atoms with Gasteiger partial charge in [0.1, 0.15) is 0 Å². The van der Waals surface area contributed by atoms with Gasteiger partial charge in [-0.25, -0.2) is 0 Å². The lowest BCUT2D eigenvalue weighted by molar-refractivity contribution is -0.0853. The van der Waals surface area contributed by atoms with Crippen molar-refractivity contribution in [3.63, 3.8) is 0 Å².